The van der Waals surface area contributed by atoms with Crippen LogP contribution in [0.5, 0.6) is 5.75 Å². The second kappa shape index (κ2) is 5.81. The van der Waals surface area contributed by atoms with E-state index < -0.39 is 10.0 Å². The molecule has 1 atom stereocenters. The average molecular weight is 323 g/mol. The van der Waals surface area contributed by atoms with Gasteiger partial charge in [-0.1, -0.05) is 15.9 Å². The number of halogens is 1. The maximum Gasteiger partial charge on any atom is 0.244 e. The first-order valence-corrected chi connectivity index (χ1v) is 7.24. The van der Waals surface area contributed by atoms with Crippen molar-refractivity contribution in [2.75, 3.05) is 13.7 Å². The van der Waals surface area contributed by atoms with Gasteiger partial charge in [0.25, 0.3) is 0 Å². The molecule has 1 aromatic carbocycles. The molecule has 0 unspecified atom stereocenters. The van der Waals surface area contributed by atoms with Crippen LogP contribution in [0.4, 0.5) is 0 Å². The SMILES string of the molecule is COc1ccc(Br)cc1S(=O)(=O)N[C@H](C)CN. The molecule has 0 saturated heterocycles. The van der Waals surface area contributed by atoms with Gasteiger partial charge in [-0.05, 0) is 25.1 Å². The van der Waals surface area contributed by atoms with Gasteiger partial charge in [0.05, 0.1) is 7.11 Å². The van der Waals surface area contributed by atoms with Gasteiger partial charge in [-0.25, -0.2) is 13.1 Å². The molecule has 0 aromatic heterocycles. The number of hydrogen-bond acceptors (Lipinski definition) is 4. The number of benzene rings is 1. The van der Waals surface area contributed by atoms with Crippen LogP contribution in [0.3, 0.4) is 0 Å². The summed E-state index contributed by atoms with van der Waals surface area (Å²) in [7, 11) is -2.20. The maximum absolute atomic E-state index is 12.1. The number of ether oxygens (including phenoxy) is 1. The molecule has 0 heterocycles. The third-order valence-electron chi connectivity index (χ3n) is 2.13. The van der Waals surface area contributed by atoms with E-state index in [0.717, 1.165) is 0 Å². The standard InChI is InChI=1S/C10H15BrN2O3S/c1-7(6-12)13-17(14,15)10-5-8(11)3-4-9(10)16-2/h3-5,7,13H,6,12H2,1-2H3/t7-/m1/s1. The van der Waals surface area contributed by atoms with Gasteiger partial charge >= 0.3 is 0 Å². The molecule has 5 nitrogen and oxygen atoms in total. The lowest BCUT2D eigenvalue weighted by atomic mass is 10.3. The minimum absolute atomic E-state index is 0.0923. The van der Waals surface area contributed by atoms with Crippen molar-refractivity contribution in [3.8, 4) is 5.75 Å². The number of nitrogens with two attached hydrogens (primary N) is 1. The van der Waals surface area contributed by atoms with Gasteiger partial charge in [0.15, 0.2) is 0 Å². The first-order chi connectivity index (χ1) is 7.90. The Morgan fingerprint density at radius 3 is 2.71 bits per heavy atom. The smallest absolute Gasteiger partial charge is 0.244 e. The molecule has 0 radical (unpaired) electrons. The molecule has 0 amide bonds. The van der Waals surface area contributed by atoms with E-state index in [1.807, 2.05) is 0 Å². The molecule has 1 aromatic rings. The van der Waals surface area contributed by atoms with Crippen LogP contribution >= 0.6 is 15.9 Å². The van der Waals surface area contributed by atoms with Gasteiger partial charge < -0.3 is 10.5 Å². The molecule has 7 heteroatoms. The van der Waals surface area contributed by atoms with E-state index in [0.29, 0.717) is 10.2 Å². The zero-order chi connectivity index (χ0) is 13.1. The minimum atomic E-state index is -3.62. The number of sulfonamides is 1. The van der Waals surface area contributed by atoms with E-state index in [1.54, 1.807) is 19.1 Å². The monoisotopic (exact) mass is 322 g/mol. The first kappa shape index (κ1) is 14.4. The van der Waals surface area contributed by atoms with Crippen LogP contribution in [-0.4, -0.2) is 28.1 Å². The molecule has 0 fully saturated rings. The summed E-state index contributed by atoms with van der Waals surface area (Å²) in [5.41, 5.74) is 5.39. The summed E-state index contributed by atoms with van der Waals surface area (Å²) in [6.45, 7) is 1.93. The molecule has 0 aliphatic carbocycles. The first-order valence-electron chi connectivity index (χ1n) is 4.96. The van der Waals surface area contributed by atoms with Gasteiger partial charge in [0.2, 0.25) is 10.0 Å². The van der Waals surface area contributed by atoms with Crippen LogP contribution in [0, 0.1) is 0 Å². The molecule has 0 aliphatic rings. The van der Waals surface area contributed by atoms with E-state index in [4.69, 9.17) is 10.5 Å². The highest BCUT2D eigenvalue weighted by atomic mass is 79.9. The largest absolute Gasteiger partial charge is 0.495 e. The molecular formula is C10H15BrN2O3S. The van der Waals surface area contributed by atoms with E-state index in [-0.39, 0.29) is 17.5 Å². The maximum atomic E-state index is 12.1. The summed E-state index contributed by atoms with van der Waals surface area (Å²) in [5.74, 6) is 0.296. The fourth-order valence-electron chi connectivity index (χ4n) is 1.24. The number of nitrogens with one attached hydrogen (secondary N) is 1. The van der Waals surface area contributed by atoms with Crippen molar-refractivity contribution >= 4 is 26.0 Å². The van der Waals surface area contributed by atoms with Crippen LogP contribution < -0.4 is 15.2 Å². The Kier molecular flexibility index (Phi) is 4.93. The van der Waals surface area contributed by atoms with Crippen LogP contribution in [0.1, 0.15) is 6.92 Å². The molecule has 0 aliphatic heterocycles. The zero-order valence-electron chi connectivity index (χ0n) is 9.60. The van der Waals surface area contributed by atoms with Gasteiger partial charge in [0.1, 0.15) is 10.6 Å². The van der Waals surface area contributed by atoms with Crippen LogP contribution in [0.2, 0.25) is 0 Å². The highest BCUT2D eigenvalue weighted by molar-refractivity contribution is 9.10. The Morgan fingerprint density at radius 2 is 2.18 bits per heavy atom. The fourth-order valence-corrected chi connectivity index (χ4v) is 3.20. The number of hydrogen-bond donors (Lipinski definition) is 2. The van der Waals surface area contributed by atoms with Crippen molar-refractivity contribution < 1.29 is 13.2 Å². The summed E-state index contributed by atoms with van der Waals surface area (Å²) < 4.78 is 32.3. The molecule has 0 bridgehead atoms. The molecule has 0 saturated carbocycles. The summed E-state index contributed by atoms with van der Waals surface area (Å²) in [6, 6.07) is 4.46. The quantitative estimate of drug-likeness (QED) is 0.850. The second-order valence-corrected chi connectivity index (χ2v) is 6.15. The van der Waals surface area contributed by atoms with Gasteiger partial charge in [-0.15, -0.1) is 0 Å². The third-order valence-corrected chi connectivity index (χ3v) is 4.23. The van der Waals surface area contributed by atoms with Crippen molar-refractivity contribution in [2.24, 2.45) is 5.73 Å². The Morgan fingerprint density at radius 1 is 1.53 bits per heavy atom. The highest BCUT2D eigenvalue weighted by Crippen LogP contribution is 2.27. The van der Waals surface area contributed by atoms with Crippen molar-refractivity contribution in [1.29, 1.82) is 0 Å². The Bertz CT molecular complexity index is 490. The average Bonchev–Trinajstić information content (AvgIpc) is 2.28. The summed E-state index contributed by atoms with van der Waals surface area (Å²) in [6.07, 6.45) is 0. The van der Waals surface area contributed by atoms with Crippen LogP contribution in [-0.2, 0) is 10.0 Å². The molecule has 3 N–H and O–H groups in total. The minimum Gasteiger partial charge on any atom is -0.495 e. The lowest BCUT2D eigenvalue weighted by Crippen LogP contribution is -2.37. The number of methoxy groups -OCH3 is 1. The van der Waals surface area contributed by atoms with E-state index in [2.05, 4.69) is 20.7 Å². The van der Waals surface area contributed by atoms with Crippen molar-refractivity contribution in [1.82, 2.24) is 4.72 Å². The molecule has 1 rings (SSSR count). The molecule has 96 valence electrons. The fraction of sp³-hybridized carbons (Fsp3) is 0.400. The second-order valence-electron chi connectivity index (χ2n) is 3.55. The van der Waals surface area contributed by atoms with Crippen molar-refractivity contribution in [3.05, 3.63) is 22.7 Å². The van der Waals surface area contributed by atoms with Crippen LogP contribution in [0.25, 0.3) is 0 Å². The zero-order valence-corrected chi connectivity index (χ0v) is 12.0. The van der Waals surface area contributed by atoms with Crippen molar-refractivity contribution in [2.45, 2.75) is 17.9 Å². The predicted octanol–water partition coefficient (Wildman–Crippen LogP) is 1.08. The van der Waals surface area contributed by atoms with Gasteiger partial charge in [-0.3, -0.25) is 0 Å². The van der Waals surface area contributed by atoms with Crippen molar-refractivity contribution in [3.63, 3.8) is 0 Å². The molecule has 17 heavy (non-hydrogen) atoms. The van der Waals surface area contributed by atoms with Crippen LogP contribution in [0.15, 0.2) is 27.6 Å². The van der Waals surface area contributed by atoms with Gasteiger partial charge in [-0.2, -0.15) is 0 Å². The topological polar surface area (TPSA) is 81.4 Å². The Hall–Kier alpha value is -0.630. The van der Waals surface area contributed by atoms with Gasteiger partial charge in [0, 0.05) is 17.1 Å². The predicted molar refractivity (Wildman–Crippen MR) is 69.5 cm³/mol. The Balaban J connectivity index is 3.18. The normalized spacial score (nSPS) is 13.4. The Labute approximate surface area is 110 Å². The lowest BCUT2D eigenvalue weighted by Gasteiger charge is -2.14. The lowest BCUT2D eigenvalue weighted by molar-refractivity contribution is 0.402. The van der Waals surface area contributed by atoms with E-state index in [9.17, 15) is 8.42 Å². The third kappa shape index (κ3) is 3.67. The van der Waals surface area contributed by atoms with E-state index in [1.165, 1.54) is 13.2 Å². The summed E-state index contributed by atoms with van der Waals surface area (Å²) in [5, 5.41) is 0. The highest BCUT2D eigenvalue weighted by Gasteiger charge is 2.21. The summed E-state index contributed by atoms with van der Waals surface area (Å²) in [4.78, 5) is 0.0923. The van der Waals surface area contributed by atoms with E-state index >= 15 is 0 Å². The summed E-state index contributed by atoms with van der Waals surface area (Å²) >= 11 is 3.23. The number of rotatable bonds is 5. The molecular weight excluding hydrogens is 308 g/mol. The molecule has 0 spiro atoms.